The summed E-state index contributed by atoms with van der Waals surface area (Å²) in [4.78, 5) is 12.2. The summed E-state index contributed by atoms with van der Waals surface area (Å²) < 4.78 is 33.0. The molecule has 156 valence electrons. The molecule has 11 heteroatoms. The van der Waals surface area contributed by atoms with E-state index < -0.39 is 26.7 Å². The lowest BCUT2D eigenvalue weighted by atomic mass is 10.0. The third-order valence-electron chi connectivity index (χ3n) is 4.53. The van der Waals surface area contributed by atoms with Gasteiger partial charge in [0.15, 0.2) is 12.4 Å². The van der Waals surface area contributed by atoms with Crippen molar-refractivity contribution in [2.75, 3.05) is 12.3 Å². The number of hydrogen-bond donors (Lipinski definition) is 2. The predicted octanol–water partition coefficient (Wildman–Crippen LogP) is 1.50. The van der Waals surface area contributed by atoms with Crippen LogP contribution in [0.15, 0.2) is 53.7 Å². The third kappa shape index (κ3) is 4.47. The molecule has 1 atom stereocenters. The molecule has 1 aromatic carbocycles. The quantitative estimate of drug-likeness (QED) is 0.313. The van der Waals surface area contributed by atoms with Gasteiger partial charge in [0.05, 0.1) is 4.90 Å². The molecule has 1 aliphatic heterocycles. The molecule has 0 saturated carbocycles. The number of hydrogen-bond acceptors (Lipinski definition) is 7. The molecule has 0 aliphatic carbocycles. The van der Waals surface area contributed by atoms with Crippen LogP contribution in [-0.2, 0) is 14.8 Å². The van der Waals surface area contributed by atoms with Gasteiger partial charge in [0, 0.05) is 29.2 Å². The lowest BCUT2D eigenvalue weighted by molar-refractivity contribution is -0.605. The maximum atomic E-state index is 13.2. The van der Waals surface area contributed by atoms with E-state index in [4.69, 9.17) is 9.94 Å². The maximum Gasteiger partial charge on any atom is 0.263 e. The number of hydroxylamine groups is 1. The number of ether oxygens (including phenoxy) is 1. The number of pyridine rings is 1. The Bertz CT molecular complexity index is 978. The van der Waals surface area contributed by atoms with Gasteiger partial charge in [-0.15, -0.1) is 0 Å². The summed E-state index contributed by atoms with van der Waals surface area (Å²) in [7, 11) is -3.98. The smallest absolute Gasteiger partial charge is 0.263 e. The Balaban J connectivity index is 1.86. The van der Waals surface area contributed by atoms with Crippen LogP contribution >= 0.6 is 11.8 Å². The Labute approximate surface area is 172 Å². The molecule has 2 heterocycles. The first-order chi connectivity index (χ1) is 13.6. The molecule has 1 aromatic heterocycles. The fourth-order valence-corrected chi connectivity index (χ4v) is 6.25. The number of sulfonamides is 1. The highest BCUT2D eigenvalue weighted by Gasteiger charge is 2.48. The molecule has 29 heavy (non-hydrogen) atoms. The van der Waals surface area contributed by atoms with Gasteiger partial charge in [-0.1, -0.05) is 0 Å². The van der Waals surface area contributed by atoms with E-state index in [0.29, 0.717) is 22.0 Å². The van der Waals surface area contributed by atoms with Gasteiger partial charge in [-0.05, 0) is 38.1 Å². The van der Waals surface area contributed by atoms with Gasteiger partial charge >= 0.3 is 0 Å². The number of aromatic nitrogens is 1. The largest absolute Gasteiger partial charge is 0.619 e. The number of nitrogens with one attached hydrogen (secondary N) is 1. The lowest BCUT2D eigenvalue weighted by Crippen LogP contribution is -2.61. The molecule has 1 unspecified atom stereocenters. The lowest BCUT2D eigenvalue weighted by Gasteiger charge is -2.43. The summed E-state index contributed by atoms with van der Waals surface area (Å²) in [6.07, 6.45) is 2.58. The van der Waals surface area contributed by atoms with Gasteiger partial charge in [0.25, 0.3) is 5.91 Å². The van der Waals surface area contributed by atoms with Gasteiger partial charge in [-0.2, -0.15) is 20.8 Å². The fraction of sp³-hybridized carbons (Fsp3) is 0.333. The second-order valence-corrected chi connectivity index (χ2v) is 10.6. The molecule has 3 rings (SSSR count). The van der Waals surface area contributed by atoms with Crippen LogP contribution in [0.2, 0.25) is 0 Å². The number of amides is 1. The number of rotatable bonds is 5. The highest BCUT2D eigenvalue weighted by Crippen LogP contribution is 2.38. The van der Waals surface area contributed by atoms with Crippen molar-refractivity contribution in [1.29, 1.82) is 0 Å². The Morgan fingerprint density at radius 1 is 1.24 bits per heavy atom. The normalized spacial score (nSPS) is 19.5. The summed E-state index contributed by atoms with van der Waals surface area (Å²) in [6.45, 7) is 3.68. The Morgan fingerprint density at radius 3 is 2.41 bits per heavy atom. The van der Waals surface area contributed by atoms with Crippen LogP contribution in [0.25, 0.3) is 0 Å². The molecule has 9 nitrogen and oxygen atoms in total. The second-order valence-electron chi connectivity index (χ2n) is 6.91. The summed E-state index contributed by atoms with van der Waals surface area (Å²) in [5, 5.41) is 20.2. The topological polar surface area (TPSA) is 123 Å². The number of thioether (sulfide) groups is 1. The molecule has 0 radical (unpaired) electrons. The highest BCUT2D eigenvalue weighted by atomic mass is 32.2. The van der Waals surface area contributed by atoms with Crippen molar-refractivity contribution in [3.8, 4) is 11.5 Å². The molecular formula is C18H21N3O6S2. The zero-order valence-corrected chi connectivity index (χ0v) is 17.4. The fourth-order valence-electron chi connectivity index (χ4n) is 3.14. The second kappa shape index (κ2) is 8.19. The van der Waals surface area contributed by atoms with Crippen LogP contribution in [0.3, 0.4) is 0 Å². The Morgan fingerprint density at radius 2 is 1.83 bits per heavy atom. The molecule has 0 bridgehead atoms. The van der Waals surface area contributed by atoms with E-state index in [9.17, 15) is 18.4 Å². The molecule has 2 N–H and O–H groups in total. The van der Waals surface area contributed by atoms with Crippen LogP contribution in [0.5, 0.6) is 11.5 Å². The average molecular weight is 440 g/mol. The monoisotopic (exact) mass is 439 g/mol. The number of carbonyl (C=O) groups excluding carboxylic acids is 1. The molecule has 1 aliphatic rings. The molecule has 0 spiro atoms. The Kier molecular flexibility index (Phi) is 6.03. The first kappa shape index (κ1) is 21.4. The van der Waals surface area contributed by atoms with E-state index in [2.05, 4.69) is 0 Å². The minimum atomic E-state index is -3.98. The molecule has 1 saturated heterocycles. The number of benzene rings is 1. The Hall–Kier alpha value is -2.34. The first-order valence-electron chi connectivity index (χ1n) is 8.71. The third-order valence-corrected chi connectivity index (χ3v) is 7.76. The summed E-state index contributed by atoms with van der Waals surface area (Å²) in [5.74, 6) is 0.579. The van der Waals surface area contributed by atoms with Gasteiger partial charge in [-0.3, -0.25) is 10.0 Å². The van der Waals surface area contributed by atoms with Crippen molar-refractivity contribution in [3.05, 3.63) is 54.0 Å². The minimum Gasteiger partial charge on any atom is -0.619 e. The molecule has 1 fully saturated rings. The van der Waals surface area contributed by atoms with Gasteiger partial charge in [0.1, 0.15) is 17.5 Å². The predicted molar refractivity (Wildman–Crippen MR) is 106 cm³/mol. The zero-order valence-electron chi connectivity index (χ0n) is 15.8. The van der Waals surface area contributed by atoms with Gasteiger partial charge in [0.2, 0.25) is 10.0 Å². The van der Waals surface area contributed by atoms with Gasteiger partial charge in [-0.25, -0.2) is 13.9 Å². The van der Waals surface area contributed by atoms with Crippen molar-refractivity contribution in [2.45, 2.75) is 29.5 Å². The van der Waals surface area contributed by atoms with E-state index in [1.165, 1.54) is 60.6 Å². The van der Waals surface area contributed by atoms with Crippen molar-refractivity contribution < 1.29 is 27.9 Å². The van der Waals surface area contributed by atoms with E-state index in [1.807, 2.05) is 0 Å². The average Bonchev–Trinajstić information content (AvgIpc) is 2.68. The highest BCUT2D eigenvalue weighted by molar-refractivity contribution is 8.00. The van der Waals surface area contributed by atoms with E-state index in [0.717, 1.165) is 4.31 Å². The summed E-state index contributed by atoms with van der Waals surface area (Å²) in [5.41, 5.74) is 1.58. The van der Waals surface area contributed by atoms with Gasteiger partial charge < -0.3 is 9.94 Å². The number of carbonyl (C=O) groups is 1. The van der Waals surface area contributed by atoms with Crippen LogP contribution in [-0.4, -0.2) is 46.9 Å². The van der Waals surface area contributed by atoms with Crippen molar-refractivity contribution in [2.24, 2.45) is 0 Å². The molecule has 2 aromatic rings. The molecule has 1 amide bonds. The number of nitrogens with zero attached hydrogens (tertiary/aromatic N) is 2. The van der Waals surface area contributed by atoms with Crippen molar-refractivity contribution in [3.63, 3.8) is 0 Å². The minimum absolute atomic E-state index is 0.00810. The SMILES string of the molecule is CC1(C)SCCN(S(=O)(=O)c2ccc(Oc3cc[n+]([O-])cc3)cc2)C1C(=O)NO. The van der Waals surface area contributed by atoms with E-state index in [-0.39, 0.29) is 11.4 Å². The van der Waals surface area contributed by atoms with E-state index >= 15 is 0 Å². The molecular weight excluding hydrogens is 418 g/mol. The van der Waals surface area contributed by atoms with Crippen LogP contribution in [0.1, 0.15) is 13.8 Å². The van der Waals surface area contributed by atoms with Crippen molar-refractivity contribution >= 4 is 27.7 Å². The first-order valence-corrected chi connectivity index (χ1v) is 11.1. The zero-order chi connectivity index (χ0) is 21.2. The van der Waals surface area contributed by atoms with E-state index in [1.54, 1.807) is 19.3 Å². The summed E-state index contributed by atoms with van der Waals surface area (Å²) in [6, 6.07) is 7.70. The van der Waals surface area contributed by atoms with Crippen LogP contribution in [0, 0.1) is 5.21 Å². The van der Waals surface area contributed by atoms with Crippen LogP contribution < -0.4 is 14.9 Å². The maximum absolute atomic E-state index is 13.2. The van der Waals surface area contributed by atoms with Crippen LogP contribution in [0.4, 0.5) is 0 Å². The standard InChI is InChI=1S/C18H21N3O6S2/c1-18(2)16(17(22)19-23)21(11-12-28-18)29(25,26)15-5-3-13(4-6-15)27-14-7-9-20(24)10-8-14/h3-10,16,23H,11-12H2,1-2H3,(H,19,22). The summed E-state index contributed by atoms with van der Waals surface area (Å²) >= 11 is 1.47. The van der Waals surface area contributed by atoms with Crippen molar-refractivity contribution in [1.82, 2.24) is 9.79 Å².